The second kappa shape index (κ2) is 7.75. The summed E-state index contributed by atoms with van der Waals surface area (Å²) in [5.41, 5.74) is 2.33. The van der Waals surface area contributed by atoms with E-state index in [4.69, 9.17) is 0 Å². The summed E-state index contributed by atoms with van der Waals surface area (Å²) in [7, 11) is 0. The molecule has 0 atom stereocenters. The lowest BCUT2D eigenvalue weighted by atomic mass is 10.1. The third-order valence-electron chi connectivity index (χ3n) is 4.29. The molecule has 128 valence electrons. The van der Waals surface area contributed by atoms with E-state index in [-0.39, 0.29) is 18.0 Å². The van der Waals surface area contributed by atoms with Crippen molar-refractivity contribution in [1.82, 2.24) is 14.5 Å². The summed E-state index contributed by atoms with van der Waals surface area (Å²) in [6.07, 6.45) is 2.07. The van der Waals surface area contributed by atoms with E-state index in [0.717, 1.165) is 6.42 Å². The fourth-order valence-corrected chi connectivity index (χ4v) is 2.88. The highest BCUT2D eigenvalue weighted by molar-refractivity contribution is 5.80. The van der Waals surface area contributed by atoms with Gasteiger partial charge >= 0.3 is 0 Å². The zero-order chi connectivity index (χ0) is 17.6. The van der Waals surface area contributed by atoms with Crippen LogP contribution in [0.25, 0.3) is 11.0 Å². The van der Waals surface area contributed by atoms with Crippen molar-refractivity contribution in [2.24, 2.45) is 0 Å². The third-order valence-corrected chi connectivity index (χ3v) is 4.29. The number of nitrogens with zero attached hydrogens (tertiary/aromatic N) is 3. The molecule has 5 heteroatoms. The van der Waals surface area contributed by atoms with Crippen LogP contribution in [0, 0.1) is 0 Å². The molecule has 0 aliphatic heterocycles. The van der Waals surface area contributed by atoms with Crippen LogP contribution in [0.15, 0.2) is 65.6 Å². The van der Waals surface area contributed by atoms with Gasteiger partial charge < -0.3 is 4.90 Å². The number of hydrogen-bond acceptors (Lipinski definition) is 3. The number of hydrogen-bond donors (Lipinski definition) is 0. The van der Waals surface area contributed by atoms with E-state index in [1.807, 2.05) is 49.4 Å². The Bertz CT molecular complexity index is 919. The predicted octanol–water partition coefficient (Wildman–Crippen LogP) is 2.49. The Balaban J connectivity index is 1.76. The highest BCUT2D eigenvalue weighted by Crippen LogP contribution is 2.09. The average Bonchev–Trinajstić information content (AvgIpc) is 2.65. The van der Waals surface area contributed by atoms with Gasteiger partial charge in [0, 0.05) is 13.1 Å². The van der Waals surface area contributed by atoms with Gasteiger partial charge in [-0.05, 0) is 31.0 Å². The van der Waals surface area contributed by atoms with Crippen molar-refractivity contribution in [3.63, 3.8) is 0 Å². The molecule has 1 aromatic heterocycles. The first-order chi connectivity index (χ1) is 12.2. The van der Waals surface area contributed by atoms with E-state index >= 15 is 0 Å². The summed E-state index contributed by atoms with van der Waals surface area (Å²) in [5.74, 6) is -0.0584. The summed E-state index contributed by atoms with van der Waals surface area (Å²) in [4.78, 5) is 30.8. The topological polar surface area (TPSA) is 55.2 Å². The fourth-order valence-electron chi connectivity index (χ4n) is 2.88. The Morgan fingerprint density at radius 3 is 2.56 bits per heavy atom. The third kappa shape index (κ3) is 3.94. The number of carbonyl (C=O) groups excluding carboxylic acids is 1. The molecule has 0 saturated heterocycles. The number of amides is 1. The molecule has 0 N–H and O–H groups in total. The van der Waals surface area contributed by atoms with Crippen LogP contribution in [-0.2, 0) is 17.8 Å². The van der Waals surface area contributed by atoms with Crippen LogP contribution >= 0.6 is 0 Å². The van der Waals surface area contributed by atoms with Crippen molar-refractivity contribution in [3.05, 3.63) is 76.7 Å². The maximum absolute atomic E-state index is 12.7. The molecule has 0 aliphatic rings. The van der Waals surface area contributed by atoms with Crippen molar-refractivity contribution in [1.29, 1.82) is 0 Å². The summed E-state index contributed by atoms with van der Waals surface area (Å²) in [6, 6.07) is 17.4. The van der Waals surface area contributed by atoms with E-state index in [9.17, 15) is 9.59 Å². The molecule has 1 amide bonds. The van der Waals surface area contributed by atoms with Crippen molar-refractivity contribution < 1.29 is 4.79 Å². The molecule has 0 radical (unpaired) electrons. The van der Waals surface area contributed by atoms with Crippen LogP contribution in [0.2, 0.25) is 0 Å². The molecule has 0 saturated carbocycles. The number of fused-ring (bicyclic) bond motifs is 1. The van der Waals surface area contributed by atoms with E-state index < -0.39 is 0 Å². The molecule has 3 aromatic rings. The Labute approximate surface area is 146 Å². The minimum absolute atomic E-state index is 0.0322. The molecule has 0 spiro atoms. The average molecular weight is 335 g/mol. The zero-order valence-electron chi connectivity index (χ0n) is 14.3. The minimum atomic E-state index is -0.258. The number of likely N-dealkylation sites (N-methyl/N-ethyl adjacent to an activating group) is 1. The second-order valence-electron chi connectivity index (χ2n) is 5.88. The number of benzene rings is 2. The molecule has 2 aromatic carbocycles. The van der Waals surface area contributed by atoms with Crippen molar-refractivity contribution in [2.75, 3.05) is 13.1 Å². The molecular weight excluding hydrogens is 314 g/mol. The number of rotatable bonds is 6. The Morgan fingerprint density at radius 1 is 1.08 bits per heavy atom. The first-order valence-electron chi connectivity index (χ1n) is 8.45. The molecule has 0 bridgehead atoms. The van der Waals surface area contributed by atoms with Crippen LogP contribution < -0.4 is 5.56 Å². The zero-order valence-corrected chi connectivity index (χ0v) is 14.3. The van der Waals surface area contributed by atoms with Crippen molar-refractivity contribution in [3.8, 4) is 0 Å². The van der Waals surface area contributed by atoms with Gasteiger partial charge in [0.25, 0.3) is 5.56 Å². The van der Waals surface area contributed by atoms with Gasteiger partial charge in [-0.25, -0.2) is 4.98 Å². The highest BCUT2D eigenvalue weighted by Gasteiger charge is 2.14. The monoisotopic (exact) mass is 335 g/mol. The van der Waals surface area contributed by atoms with E-state index in [2.05, 4.69) is 17.1 Å². The fraction of sp³-hybridized carbons (Fsp3) is 0.250. The van der Waals surface area contributed by atoms with Gasteiger partial charge in [-0.15, -0.1) is 0 Å². The first kappa shape index (κ1) is 16.9. The molecule has 3 rings (SSSR count). The Kier molecular flexibility index (Phi) is 5.23. The standard InChI is InChI=1S/C20H21N3O2/c1-2-22(13-12-16-8-4-3-5-9-16)20(25)15-23-18-11-7-6-10-17(18)21-14-19(23)24/h3-11,14H,2,12-13,15H2,1H3. The maximum atomic E-state index is 12.7. The number of para-hydroxylation sites is 2. The van der Waals surface area contributed by atoms with E-state index in [1.165, 1.54) is 16.3 Å². The van der Waals surface area contributed by atoms with Crippen molar-refractivity contribution >= 4 is 16.9 Å². The molecule has 25 heavy (non-hydrogen) atoms. The number of carbonyl (C=O) groups is 1. The van der Waals surface area contributed by atoms with Crippen LogP contribution in [0.3, 0.4) is 0 Å². The minimum Gasteiger partial charge on any atom is -0.341 e. The lowest BCUT2D eigenvalue weighted by molar-refractivity contribution is -0.131. The van der Waals surface area contributed by atoms with Gasteiger partial charge in [0.2, 0.25) is 5.91 Å². The molecule has 1 heterocycles. The molecule has 0 unspecified atom stereocenters. The second-order valence-corrected chi connectivity index (χ2v) is 5.88. The predicted molar refractivity (Wildman–Crippen MR) is 98.4 cm³/mol. The molecule has 5 nitrogen and oxygen atoms in total. The lowest BCUT2D eigenvalue weighted by Crippen LogP contribution is -2.37. The van der Waals surface area contributed by atoms with E-state index in [1.54, 1.807) is 4.90 Å². The highest BCUT2D eigenvalue weighted by atomic mass is 16.2. The van der Waals surface area contributed by atoms with Gasteiger partial charge in [-0.2, -0.15) is 0 Å². The van der Waals surface area contributed by atoms with Crippen LogP contribution in [0.4, 0.5) is 0 Å². The van der Waals surface area contributed by atoms with Gasteiger partial charge in [-0.3, -0.25) is 14.2 Å². The molecular formula is C20H21N3O2. The Morgan fingerprint density at radius 2 is 1.80 bits per heavy atom. The number of aromatic nitrogens is 2. The van der Waals surface area contributed by atoms with Crippen LogP contribution in [0.5, 0.6) is 0 Å². The van der Waals surface area contributed by atoms with Gasteiger partial charge in [0.1, 0.15) is 6.54 Å². The maximum Gasteiger partial charge on any atom is 0.269 e. The van der Waals surface area contributed by atoms with Crippen LogP contribution in [-0.4, -0.2) is 33.4 Å². The summed E-state index contributed by atoms with van der Waals surface area (Å²) < 4.78 is 1.50. The molecule has 0 aliphatic carbocycles. The Hall–Kier alpha value is -2.95. The van der Waals surface area contributed by atoms with Gasteiger partial charge in [0.15, 0.2) is 0 Å². The first-order valence-corrected chi connectivity index (χ1v) is 8.45. The van der Waals surface area contributed by atoms with Crippen LogP contribution in [0.1, 0.15) is 12.5 Å². The molecule has 0 fully saturated rings. The van der Waals surface area contributed by atoms with Gasteiger partial charge in [-0.1, -0.05) is 42.5 Å². The largest absolute Gasteiger partial charge is 0.341 e. The van der Waals surface area contributed by atoms with Crippen molar-refractivity contribution in [2.45, 2.75) is 19.9 Å². The normalized spacial score (nSPS) is 10.8. The summed E-state index contributed by atoms with van der Waals surface area (Å²) in [5, 5.41) is 0. The smallest absolute Gasteiger partial charge is 0.269 e. The van der Waals surface area contributed by atoms with Gasteiger partial charge in [0.05, 0.1) is 17.2 Å². The summed E-state index contributed by atoms with van der Waals surface area (Å²) in [6.45, 7) is 3.24. The summed E-state index contributed by atoms with van der Waals surface area (Å²) >= 11 is 0. The quantitative estimate of drug-likeness (QED) is 0.695. The lowest BCUT2D eigenvalue weighted by Gasteiger charge is -2.22. The SMILES string of the molecule is CCN(CCc1ccccc1)C(=O)Cn1c(=O)cnc2ccccc21. The van der Waals surface area contributed by atoms with E-state index in [0.29, 0.717) is 24.1 Å².